The van der Waals surface area contributed by atoms with Crippen molar-refractivity contribution in [2.45, 2.75) is 45.8 Å². The Labute approximate surface area is 141 Å². The molecule has 1 aromatic carbocycles. The number of carbonyl (C=O) groups excluding carboxylic acids is 1. The predicted molar refractivity (Wildman–Crippen MR) is 92.2 cm³/mol. The lowest BCUT2D eigenvalue weighted by atomic mass is 10.1. The summed E-state index contributed by atoms with van der Waals surface area (Å²) >= 11 is 0. The van der Waals surface area contributed by atoms with E-state index in [1.807, 2.05) is 45.9 Å². The molecule has 24 heavy (non-hydrogen) atoms. The van der Waals surface area contributed by atoms with Crippen LogP contribution in [-0.4, -0.2) is 40.2 Å². The highest BCUT2D eigenvalue weighted by Crippen LogP contribution is 2.17. The Balaban J connectivity index is 2.04. The number of aromatic amines is 1. The third-order valence-corrected chi connectivity index (χ3v) is 3.57. The van der Waals surface area contributed by atoms with Gasteiger partial charge in [-0.25, -0.2) is 4.79 Å². The molecule has 0 radical (unpaired) electrons. The van der Waals surface area contributed by atoms with E-state index in [0.29, 0.717) is 5.69 Å². The van der Waals surface area contributed by atoms with E-state index in [-0.39, 0.29) is 18.6 Å². The summed E-state index contributed by atoms with van der Waals surface area (Å²) in [5.74, 6) is -1.51. The van der Waals surface area contributed by atoms with Crippen molar-refractivity contribution in [1.29, 1.82) is 0 Å². The summed E-state index contributed by atoms with van der Waals surface area (Å²) in [6.07, 6.45) is 0.206. The van der Waals surface area contributed by atoms with Gasteiger partial charge in [-0.3, -0.25) is 4.79 Å². The van der Waals surface area contributed by atoms with Gasteiger partial charge in [-0.05, 0) is 45.4 Å². The number of aryl methyl sites for hydroxylation is 1. The monoisotopic (exact) mass is 332 g/mol. The van der Waals surface area contributed by atoms with Gasteiger partial charge < -0.3 is 20.1 Å². The van der Waals surface area contributed by atoms with E-state index in [2.05, 4.69) is 10.3 Å². The van der Waals surface area contributed by atoms with Crippen LogP contribution < -0.4 is 5.32 Å². The van der Waals surface area contributed by atoms with Crippen LogP contribution in [0.5, 0.6) is 0 Å². The molecule has 0 saturated heterocycles. The number of carboxylic acid groups (broad SMARTS) is 1. The van der Waals surface area contributed by atoms with Crippen LogP contribution in [0.1, 0.15) is 43.2 Å². The van der Waals surface area contributed by atoms with Crippen LogP contribution in [0.2, 0.25) is 0 Å². The fourth-order valence-electron chi connectivity index (χ4n) is 2.34. The maximum Gasteiger partial charge on any atom is 0.326 e. The van der Waals surface area contributed by atoms with E-state index < -0.39 is 17.9 Å². The Bertz CT molecular complexity index is 743. The van der Waals surface area contributed by atoms with Crippen molar-refractivity contribution < 1.29 is 19.4 Å². The first-order valence-corrected chi connectivity index (χ1v) is 7.93. The lowest BCUT2D eigenvalue weighted by molar-refractivity contribution is -0.140. The molecule has 0 aliphatic heterocycles. The lowest BCUT2D eigenvalue weighted by Gasteiger charge is -2.21. The second kappa shape index (κ2) is 7.05. The van der Waals surface area contributed by atoms with Crippen LogP contribution in [0.15, 0.2) is 24.3 Å². The van der Waals surface area contributed by atoms with Crippen LogP contribution in [0.4, 0.5) is 0 Å². The van der Waals surface area contributed by atoms with Crippen molar-refractivity contribution in [3.63, 3.8) is 0 Å². The normalized spacial score (nSPS) is 13.0. The van der Waals surface area contributed by atoms with Gasteiger partial charge in [-0.1, -0.05) is 12.1 Å². The molecular weight excluding hydrogens is 308 g/mol. The smallest absolute Gasteiger partial charge is 0.326 e. The highest BCUT2D eigenvalue weighted by molar-refractivity contribution is 5.99. The number of H-pyrrole nitrogens is 1. The Morgan fingerprint density at radius 2 is 2.00 bits per heavy atom. The van der Waals surface area contributed by atoms with Gasteiger partial charge in [-0.2, -0.15) is 0 Å². The van der Waals surface area contributed by atoms with Crippen molar-refractivity contribution >= 4 is 22.8 Å². The molecule has 1 amide bonds. The zero-order chi connectivity index (χ0) is 17.9. The third kappa shape index (κ3) is 4.83. The minimum Gasteiger partial charge on any atom is -0.480 e. The maximum atomic E-state index is 12.3. The number of benzene rings is 1. The average Bonchev–Trinajstić information content (AvgIpc) is 2.87. The summed E-state index contributed by atoms with van der Waals surface area (Å²) in [5, 5.41) is 12.7. The first-order valence-electron chi connectivity index (χ1n) is 7.93. The Kier molecular flexibility index (Phi) is 5.29. The Hall–Kier alpha value is -2.34. The average molecular weight is 332 g/mol. The molecule has 1 heterocycles. The molecule has 0 bridgehead atoms. The highest BCUT2D eigenvalue weighted by Gasteiger charge is 2.22. The van der Waals surface area contributed by atoms with Crippen molar-refractivity contribution in [1.82, 2.24) is 10.3 Å². The molecule has 2 rings (SSSR count). The summed E-state index contributed by atoms with van der Waals surface area (Å²) in [4.78, 5) is 26.7. The summed E-state index contributed by atoms with van der Waals surface area (Å²) < 4.78 is 5.54. The van der Waals surface area contributed by atoms with Crippen molar-refractivity contribution in [2.75, 3.05) is 6.61 Å². The highest BCUT2D eigenvalue weighted by atomic mass is 16.5. The summed E-state index contributed by atoms with van der Waals surface area (Å²) in [7, 11) is 0. The number of aliphatic carboxylic acids is 1. The molecule has 0 spiro atoms. The molecule has 0 aliphatic carbocycles. The largest absolute Gasteiger partial charge is 0.480 e. The Morgan fingerprint density at radius 1 is 1.29 bits per heavy atom. The molecule has 6 heteroatoms. The molecule has 130 valence electrons. The van der Waals surface area contributed by atoms with Crippen molar-refractivity contribution in [3.05, 3.63) is 35.5 Å². The second-order valence-electron chi connectivity index (χ2n) is 6.89. The van der Waals surface area contributed by atoms with Gasteiger partial charge in [0.1, 0.15) is 11.7 Å². The third-order valence-electron chi connectivity index (χ3n) is 3.57. The van der Waals surface area contributed by atoms with Crippen LogP contribution in [0.25, 0.3) is 10.9 Å². The number of carbonyl (C=O) groups is 2. The molecule has 3 N–H and O–H groups in total. The van der Waals surface area contributed by atoms with Gasteiger partial charge in [0.2, 0.25) is 0 Å². The lowest BCUT2D eigenvalue weighted by Crippen LogP contribution is -2.42. The van der Waals surface area contributed by atoms with Crippen LogP contribution >= 0.6 is 0 Å². The summed E-state index contributed by atoms with van der Waals surface area (Å²) in [5.41, 5.74) is 1.93. The maximum absolute atomic E-state index is 12.3. The van der Waals surface area contributed by atoms with Crippen LogP contribution in [0, 0.1) is 6.92 Å². The number of ether oxygens (including phenoxy) is 1. The zero-order valence-corrected chi connectivity index (χ0v) is 14.5. The van der Waals surface area contributed by atoms with E-state index in [1.165, 1.54) is 0 Å². The Morgan fingerprint density at radius 3 is 2.62 bits per heavy atom. The number of aromatic nitrogens is 1. The van der Waals surface area contributed by atoms with Gasteiger partial charge in [0.05, 0.1) is 5.60 Å². The van der Waals surface area contributed by atoms with E-state index in [1.54, 1.807) is 6.07 Å². The number of amides is 1. The number of nitrogens with one attached hydrogen (secondary N) is 2. The molecule has 2 aromatic rings. The van der Waals surface area contributed by atoms with Crippen LogP contribution in [0.3, 0.4) is 0 Å². The fraction of sp³-hybridized carbons (Fsp3) is 0.444. The van der Waals surface area contributed by atoms with E-state index >= 15 is 0 Å². The standard InChI is InChI=1S/C18H24N2O4/c1-11-5-6-12-10-15(19-14(12)9-11)16(21)20-13(17(22)23)7-8-24-18(2,3)4/h5-6,9-10,13,19H,7-8H2,1-4H3,(H,20,21)(H,22,23). The van der Waals surface area contributed by atoms with E-state index in [9.17, 15) is 14.7 Å². The minimum absolute atomic E-state index is 0.206. The molecule has 0 aliphatic rings. The van der Waals surface area contributed by atoms with Gasteiger partial charge in [0.15, 0.2) is 0 Å². The molecule has 1 atom stereocenters. The number of hydrogen-bond acceptors (Lipinski definition) is 3. The first kappa shape index (κ1) is 18.0. The molecule has 1 aromatic heterocycles. The van der Waals surface area contributed by atoms with Crippen molar-refractivity contribution in [3.8, 4) is 0 Å². The second-order valence-corrected chi connectivity index (χ2v) is 6.89. The van der Waals surface area contributed by atoms with Gasteiger partial charge in [0, 0.05) is 23.9 Å². The minimum atomic E-state index is -1.08. The first-order chi connectivity index (χ1) is 11.2. The molecule has 1 unspecified atom stereocenters. The molecule has 6 nitrogen and oxygen atoms in total. The quantitative estimate of drug-likeness (QED) is 0.758. The summed E-state index contributed by atoms with van der Waals surface area (Å²) in [6.45, 7) is 7.91. The van der Waals surface area contributed by atoms with Crippen molar-refractivity contribution in [2.24, 2.45) is 0 Å². The number of rotatable bonds is 6. The molecule has 0 fully saturated rings. The fourth-order valence-corrected chi connectivity index (χ4v) is 2.34. The number of carboxylic acids is 1. The number of fused-ring (bicyclic) bond motifs is 1. The zero-order valence-electron chi connectivity index (χ0n) is 14.5. The topological polar surface area (TPSA) is 91.4 Å². The number of hydrogen-bond donors (Lipinski definition) is 3. The van der Waals surface area contributed by atoms with Gasteiger partial charge in [-0.15, -0.1) is 0 Å². The molecular formula is C18H24N2O4. The SMILES string of the molecule is Cc1ccc2cc(C(=O)NC(CCOC(C)(C)C)C(=O)O)[nH]c2c1. The summed E-state index contributed by atoms with van der Waals surface area (Å²) in [6, 6.07) is 6.55. The van der Waals surface area contributed by atoms with Crippen LogP contribution in [-0.2, 0) is 9.53 Å². The van der Waals surface area contributed by atoms with E-state index in [4.69, 9.17) is 4.74 Å². The van der Waals surface area contributed by atoms with Gasteiger partial charge in [0.25, 0.3) is 5.91 Å². The van der Waals surface area contributed by atoms with E-state index in [0.717, 1.165) is 16.5 Å². The predicted octanol–water partition coefficient (Wildman–Crippen LogP) is 2.86. The van der Waals surface area contributed by atoms with Gasteiger partial charge >= 0.3 is 5.97 Å². The molecule has 0 saturated carbocycles.